The first-order valence-corrected chi connectivity index (χ1v) is 11.7. The van der Waals surface area contributed by atoms with E-state index in [1.165, 1.54) is 12.8 Å². The fourth-order valence-corrected chi connectivity index (χ4v) is 4.39. The van der Waals surface area contributed by atoms with Crippen LogP contribution in [-0.2, 0) is 11.3 Å². The summed E-state index contributed by atoms with van der Waals surface area (Å²) in [5, 5.41) is 6.17. The molecular formula is C24H38N4O3. The van der Waals surface area contributed by atoms with E-state index in [1.54, 1.807) is 14.2 Å². The van der Waals surface area contributed by atoms with Gasteiger partial charge in [-0.05, 0) is 63.5 Å². The third kappa shape index (κ3) is 6.77. The number of hydrogen-bond donors (Lipinski definition) is 2. The van der Waals surface area contributed by atoms with E-state index in [2.05, 4.69) is 28.5 Å². The van der Waals surface area contributed by atoms with Crippen LogP contribution >= 0.6 is 0 Å². The van der Waals surface area contributed by atoms with Crippen LogP contribution in [0.4, 0.5) is 0 Å². The number of ether oxygens (including phenoxy) is 2. The molecule has 31 heavy (non-hydrogen) atoms. The minimum atomic E-state index is 0.133. The van der Waals surface area contributed by atoms with Crippen molar-refractivity contribution in [3.05, 3.63) is 23.8 Å². The highest BCUT2D eigenvalue weighted by Crippen LogP contribution is 2.30. The van der Waals surface area contributed by atoms with Gasteiger partial charge in [0, 0.05) is 44.7 Å². The Bertz CT molecular complexity index is 738. The number of hydrogen-bond acceptors (Lipinski definition) is 4. The summed E-state index contributed by atoms with van der Waals surface area (Å²) >= 11 is 0. The van der Waals surface area contributed by atoms with Gasteiger partial charge in [-0.2, -0.15) is 0 Å². The van der Waals surface area contributed by atoms with Crippen molar-refractivity contribution < 1.29 is 14.3 Å². The highest BCUT2D eigenvalue weighted by molar-refractivity contribution is 5.80. The number of guanidine groups is 1. The van der Waals surface area contributed by atoms with Gasteiger partial charge in [0.05, 0.1) is 19.8 Å². The van der Waals surface area contributed by atoms with Crippen LogP contribution in [0.3, 0.4) is 0 Å². The van der Waals surface area contributed by atoms with E-state index in [1.807, 2.05) is 12.1 Å². The maximum atomic E-state index is 11.7. The fourth-order valence-electron chi connectivity index (χ4n) is 4.39. The molecule has 1 aliphatic carbocycles. The van der Waals surface area contributed by atoms with E-state index in [0.717, 1.165) is 68.3 Å². The van der Waals surface area contributed by atoms with Gasteiger partial charge in [-0.25, -0.2) is 4.99 Å². The van der Waals surface area contributed by atoms with Gasteiger partial charge in [-0.15, -0.1) is 0 Å². The highest BCUT2D eigenvalue weighted by Gasteiger charge is 2.23. The molecule has 2 aliphatic rings. The van der Waals surface area contributed by atoms with Gasteiger partial charge in [0.15, 0.2) is 5.96 Å². The Balaban J connectivity index is 1.66. The van der Waals surface area contributed by atoms with Crippen LogP contribution in [0, 0.1) is 5.92 Å². The van der Waals surface area contributed by atoms with Crippen molar-refractivity contribution >= 4 is 11.9 Å². The van der Waals surface area contributed by atoms with E-state index < -0.39 is 0 Å². The minimum absolute atomic E-state index is 0.133. The van der Waals surface area contributed by atoms with Gasteiger partial charge in [0.2, 0.25) is 5.91 Å². The molecule has 1 aromatic rings. The second-order valence-corrected chi connectivity index (χ2v) is 8.48. The van der Waals surface area contributed by atoms with Crippen LogP contribution in [0.5, 0.6) is 11.5 Å². The highest BCUT2D eigenvalue weighted by atomic mass is 16.5. The van der Waals surface area contributed by atoms with Crippen LogP contribution in [0.1, 0.15) is 57.4 Å². The van der Waals surface area contributed by atoms with Gasteiger partial charge < -0.3 is 25.0 Å². The van der Waals surface area contributed by atoms with Crippen molar-refractivity contribution in [3.8, 4) is 11.5 Å². The molecule has 1 saturated carbocycles. The van der Waals surface area contributed by atoms with Gasteiger partial charge in [-0.1, -0.05) is 0 Å². The Morgan fingerprint density at radius 2 is 1.94 bits per heavy atom. The van der Waals surface area contributed by atoms with Gasteiger partial charge >= 0.3 is 0 Å². The summed E-state index contributed by atoms with van der Waals surface area (Å²) in [5.41, 5.74) is 1.08. The van der Waals surface area contributed by atoms with Crippen LogP contribution in [0.25, 0.3) is 0 Å². The minimum Gasteiger partial charge on any atom is -0.497 e. The zero-order valence-electron chi connectivity index (χ0n) is 19.3. The number of benzene rings is 1. The van der Waals surface area contributed by atoms with Crippen LogP contribution in [0.2, 0.25) is 0 Å². The molecule has 2 fully saturated rings. The van der Waals surface area contributed by atoms with Crippen molar-refractivity contribution in [2.24, 2.45) is 10.9 Å². The first kappa shape index (κ1) is 23.2. The SMILES string of the molecule is CCNC(=NCc1ccc(OC)cc1OC1CCCC1)N1CCC(CC(=O)NC)CC1. The summed E-state index contributed by atoms with van der Waals surface area (Å²) in [6.45, 7) is 5.32. The van der Waals surface area contributed by atoms with Crippen molar-refractivity contribution in [1.29, 1.82) is 0 Å². The molecule has 0 unspecified atom stereocenters. The number of methoxy groups -OCH3 is 1. The van der Waals surface area contributed by atoms with Crippen LogP contribution in [-0.4, -0.2) is 56.7 Å². The van der Waals surface area contributed by atoms with Crippen LogP contribution < -0.4 is 20.1 Å². The number of rotatable bonds is 8. The van der Waals surface area contributed by atoms with E-state index in [-0.39, 0.29) is 5.91 Å². The van der Waals surface area contributed by atoms with E-state index in [0.29, 0.717) is 25.0 Å². The molecule has 2 N–H and O–H groups in total. The Hall–Kier alpha value is -2.44. The lowest BCUT2D eigenvalue weighted by molar-refractivity contribution is -0.121. The number of aliphatic imine (C=N–C) groups is 1. The fraction of sp³-hybridized carbons (Fsp3) is 0.667. The maximum Gasteiger partial charge on any atom is 0.220 e. The van der Waals surface area contributed by atoms with E-state index >= 15 is 0 Å². The third-order valence-electron chi connectivity index (χ3n) is 6.27. The number of piperidine rings is 1. The van der Waals surface area contributed by atoms with Crippen molar-refractivity contribution in [2.45, 2.75) is 64.5 Å². The predicted molar refractivity (Wildman–Crippen MR) is 124 cm³/mol. The Labute approximate surface area is 186 Å². The van der Waals surface area contributed by atoms with Crippen molar-refractivity contribution in [1.82, 2.24) is 15.5 Å². The molecule has 1 aromatic carbocycles. The number of likely N-dealkylation sites (tertiary alicyclic amines) is 1. The topological polar surface area (TPSA) is 75.2 Å². The molecule has 1 saturated heterocycles. The molecule has 7 heteroatoms. The lowest BCUT2D eigenvalue weighted by Crippen LogP contribution is -2.46. The van der Waals surface area contributed by atoms with Crippen molar-refractivity contribution in [3.63, 3.8) is 0 Å². The average molecular weight is 431 g/mol. The van der Waals surface area contributed by atoms with Gasteiger partial charge in [0.1, 0.15) is 11.5 Å². The smallest absolute Gasteiger partial charge is 0.220 e. The molecular weight excluding hydrogens is 392 g/mol. The van der Waals surface area contributed by atoms with Crippen molar-refractivity contribution in [2.75, 3.05) is 33.8 Å². The Kier molecular flexibility index (Phi) is 8.85. The second kappa shape index (κ2) is 11.8. The van der Waals surface area contributed by atoms with Crippen LogP contribution in [0.15, 0.2) is 23.2 Å². The molecule has 172 valence electrons. The molecule has 3 rings (SSSR count). The zero-order chi connectivity index (χ0) is 22.1. The summed E-state index contributed by atoms with van der Waals surface area (Å²) < 4.78 is 11.7. The molecule has 0 atom stereocenters. The monoisotopic (exact) mass is 430 g/mol. The third-order valence-corrected chi connectivity index (χ3v) is 6.27. The largest absolute Gasteiger partial charge is 0.497 e. The number of nitrogens with one attached hydrogen (secondary N) is 2. The van der Waals surface area contributed by atoms with Gasteiger partial charge in [0.25, 0.3) is 0 Å². The number of amides is 1. The number of nitrogens with zero attached hydrogens (tertiary/aromatic N) is 2. The quantitative estimate of drug-likeness (QED) is 0.489. The zero-order valence-corrected chi connectivity index (χ0v) is 19.3. The lowest BCUT2D eigenvalue weighted by atomic mass is 9.93. The Morgan fingerprint density at radius 3 is 2.58 bits per heavy atom. The first-order chi connectivity index (χ1) is 15.1. The molecule has 1 aliphatic heterocycles. The normalized spacial score (nSPS) is 18.2. The molecule has 7 nitrogen and oxygen atoms in total. The first-order valence-electron chi connectivity index (χ1n) is 11.7. The standard InChI is InChI=1S/C24H38N4O3/c1-4-26-24(28-13-11-18(12-14-28)15-23(29)25-2)27-17-19-9-10-21(30-3)16-22(19)31-20-7-5-6-8-20/h9-10,16,18,20H,4-8,11-15,17H2,1-3H3,(H,25,29)(H,26,27). The molecule has 0 spiro atoms. The molecule has 0 bridgehead atoms. The molecule has 0 radical (unpaired) electrons. The maximum absolute atomic E-state index is 11.7. The summed E-state index contributed by atoms with van der Waals surface area (Å²) in [7, 11) is 3.39. The average Bonchev–Trinajstić information content (AvgIpc) is 3.31. The summed E-state index contributed by atoms with van der Waals surface area (Å²) in [6, 6.07) is 6.02. The second-order valence-electron chi connectivity index (χ2n) is 8.48. The molecule has 0 aromatic heterocycles. The predicted octanol–water partition coefficient (Wildman–Crippen LogP) is 3.33. The Morgan fingerprint density at radius 1 is 1.19 bits per heavy atom. The molecule has 1 heterocycles. The lowest BCUT2D eigenvalue weighted by Gasteiger charge is -2.34. The van der Waals surface area contributed by atoms with E-state index in [9.17, 15) is 4.79 Å². The van der Waals surface area contributed by atoms with Gasteiger partial charge in [-0.3, -0.25) is 4.79 Å². The summed E-state index contributed by atoms with van der Waals surface area (Å²) in [6.07, 6.45) is 7.65. The summed E-state index contributed by atoms with van der Waals surface area (Å²) in [5.74, 6) is 3.21. The summed E-state index contributed by atoms with van der Waals surface area (Å²) in [4.78, 5) is 18.9. The molecule has 1 amide bonds. The number of carbonyl (C=O) groups excluding carboxylic acids is 1. The number of carbonyl (C=O) groups is 1. The van der Waals surface area contributed by atoms with E-state index in [4.69, 9.17) is 14.5 Å².